The maximum Gasteiger partial charge on any atom is 0.0495 e. The van der Waals surface area contributed by atoms with Crippen LogP contribution >= 0.6 is 45.3 Å². The van der Waals surface area contributed by atoms with E-state index in [-0.39, 0.29) is 0 Å². The minimum absolute atomic E-state index is 0.746. The Morgan fingerprint density at radius 2 is 1.36 bits per heavy atom. The van der Waals surface area contributed by atoms with Gasteiger partial charge in [0, 0.05) is 30.1 Å². The van der Waals surface area contributed by atoms with Gasteiger partial charge in [-0.2, -0.15) is 28.2 Å². The van der Waals surface area contributed by atoms with E-state index < -0.39 is 0 Å². The fourth-order valence-electron chi connectivity index (χ4n) is 2.78. The SMILES string of the molecule is Cc1csc2c(C)c(-c3sc4c(C)c([C-]=O)sc4c3C)sc12. The van der Waals surface area contributed by atoms with E-state index in [0.717, 1.165) is 10.4 Å². The summed E-state index contributed by atoms with van der Waals surface area (Å²) in [6.07, 6.45) is 2.07. The molecule has 4 heterocycles. The summed E-state index contributed by atoms with van der Waals surface area (Å²) in [5.74, 6) is 0. The lowest BCUT2D eigenvalue weighted by atomic mass is 10.2. The summed E-state index contributed by atoms with van der Waals surface area (Å²) in [6, 6.07) is 0. The Labute approximate surface area is 144 Å². The Morgan fingerprint density at radius 3 is 1.95 bits per heavy atom. The zero-order valence-electron chi connectivity index (χ0n) is 12.6. The van der Waals surface area contributed by atoms with Crippen molar-refractivity contribution in [3.63, 3.8) is 0 Å². The molecule has 0 amide bonds. The van der Waals surface area contributed by atoms with Crippen LogP contribution in [0.25, 0.3) is 28.6 Å². The average Bonchev–Trinajstić information content (AvgIpc) is 3.19. The van der Waals surface area contributed by atoms with Crippen molar-refractivity contribution in [1.29, 1.82) is 0 Å². The van der Waals surface area contributed by atoms with E-state index in [2.05, 4.69) is 32.4 Å². The first-order valence-corrected chi connectivity index (χ1v) is 10.2. The van der Waals surface area contributed by atoms with Gasteiger partial charge in [0.25, 0.3) is 0 Å². The summed E-state index contributed by atoms with van der Waals surface area (Å²) < 4.78 is 5.35. The summed E-state index contributed by atoms with van der Waals surface area (Å²) in [6.45, 7) is 8.63. The minimum atomic E-state index is 0.746. The van der Waals surface area contributed by atoms with Crippen molar-refractivity contribution in [2.75, 3.05) is 0 Å². The van der Waals surface area contributed by atoms with Crippen LogP contribution in [0.4, 0.5) is 0 Å². The van der Waals surface area contributed by atoms with E-state index in [1.165, 1.54) is 45.2 Å². The van der Waals surface area contributed by atoms with Crippen LogP contribution in [0, 0.1) is 27.7 Å². The molecule has 22 heavy (non-hydrogen) atoms. The lowest BCUT2D eigenvalue weighted by Gasteiger charge is -2.00. The second kappa shape index (κ2) is 4.99. The number of fused-ring (bicyclic) bond motifs is 2. The van der Waals surface area contributed by atoms with Gasteiger partial charge in [-0.1, -0.05) is 4.88 Å². The second-order valence-corrected chi connectivity index (χ2v) is 9.45. The van der Waals surface area contributed by atoms with Gasteiger partial charge < -0.3 is 4.79 Å². The molecule has 4 aromatic rings. The Balaban J connectivity index is 2.02. The minimum Gasteiger partial charge on any atom is -0.417 e. The topological polar surface area (TPSA) is 17.1 Å². The summed E-state index contributed by atoms with van der Waals surface area (Å²) in [5.41, 5.74) is 5.17. The first kappa shape index (κ1) is 14.6. The van der Waals surface area contributed by atoms with Crippen molar-refractivity contribution in [3.05, 3.63) is 32.5 Å². The maximum atomic E-state index is 11.0. The normalized spacial score (nSPS) is 11.8. The fourth-order valence-corrected chi connectivity index (χ4v) is 8.16. The molecule has 0 saturated heterocycles. The number of carbonyl (C=O) groups excluding carboxylic acids is 1. The monoisotopic (exact) mass is 361 g/mol. The summed E-state index contributed by atoms with van der Waals surface area (Å²) in [5, 5.41) is 2.24. The van der Waals surface area contributed by atoms with E-state index in [0.29, 0.717) is 0 Å². The quantitative estimate of drug-likeness (QED) is 0.368. The zero-order valence-corrected chi connectivity index (χ0v) is 15.9. The molecule has 0 aromatic carbocycles. The van der Waals surface area contributed by atoms with Crippen LogP contribution in [-0.4, -0.2) is 6.29 Å². The molecule has 0 fully saturated rings. The van der Waals surface area contributed by atoms with Gasteiger partial charge >= 0.3 is 0 Å². The predicted octanol–water partition coefficient (Wildman–Crippen LogP) is 6.60. The third-order valence-corrected chi connectivity index (χ3v) is 9.87. The van der Waals surface area contributed by atoms with Crippen molar-refractivity contribution < 1.29 is 4.79 Å². The van der Waals surface area contributed by atoms with Gasteiger partial charge in [-0.15, -0.1) is 29.6 Å². The summed E-state index contributed by atoms with van der Waals surface area (Å²) in [4.78, 5) is 14.5. The molecule has 0 bridgehead atoms. The summed E-state index contributed by atoms with van der Waals surface area (Å²) in [7, 11) is 0. The Hall–Kier alpha value is -1.01. The fraction of sp³-hybridized carbons (Fsp3) is 0.235. The third kappa shape index (κ3) is 1.83. The van der Waals surface area contributed by atoms with Crippen LogP contribution in [0.15, 0.2) is 5.38 Å². The van der Waals surface area contributed by atoms with Crippen LogP contribution in [0.5, 0.6) is 0 Å². The molecule has 4 rings (SSSR count). The van der Waals surface area contributed by atoms with Crippen molar-refractivity contribution in [2.24, 2.45) is 0 Å². The first-order valence-electron chi connectivity index (χ1n) is 6.91. The van der Waals surface area contributed by atoms with E-state index in [1.54, 1.807) is 11.3 Å². The first-order chi connectivity index (χ1) is 10.5. The molecule has 0 radical (unpaired) electrons. The van der Waals surface area contributed by atoms with Gasteiger partial charge in [0.2, 0.25) is 0 Å². The Bertz CT molecular complexity index is 1040. The highest BCUT2D eigenvalue weighted by atomic mass is 32.1. The second-order valence-electron chi connectivity index (χ2n) is 5.51. The molecule has 0 N–H and O–H groups in total. The molecule has 0 aliphatic heterocycles. The van der Waals surface area contributed by atoms with E-state index in [9.17, 15) is 4.79 Å². The predicted molar refractivity (Wildman–Crippen MR) is 102 cm³/mol. The molecule has 0 spiro atoms. The van der Waals surface area contributed by atoms with Crippen molar-refractivity contribution in [3.8, 4) is 9.75 Å². The van der Waals surface area contributed by atoms with Crippen LogP contribution in [0.2, 0.25) is 0 Å². The highest BCUT2D eigenvalue weighted by Crippen LogP contribution is 2.50. The zero-order chi connectivity index (χ0) is 15.6. The molecule has 0 atom stereocenters. The van der Waals surface area contributed by atoms with Crippen molar-refractivity contribution >= 4 is 70.4 Å². The van der Waals surface area contributed by atoms with Gasteiger partial charge in [0.1, 0.15) is 0 Å². The molecule has 112 valence electrons. The number of rotatable bonds is 2. The molecule has 0 unspecified atom stereocenters. The number of hydrogen-bond acceptors (Lipinski definition) is 5. The van der Waals surface area contributed by atoms with Crippen LogP contribution in [0.1, 0.15) is 27.1 Å². The highest BCUT2D eigenvalue weighted by Gasteiger charge is 2.19. The van der Waals surface area contributed by atoms with E-state index >= 15 is 0 Å². The molecule has 0 aliphatic rings. The standard InChI is InChI=1S/C17H13OS4/c1-7-6-19-13-9(3)16(21-12(7)13)17-10(4)15-14(22-17)8(2)11(5-18)20-15/h6H,1-4H3/q-1. The summed E-state index contributed by atoms with van der Waals surface area (Å²) >= 11 is 7.16. The lowest BCUT2D eigenvalue weighted by Crippen LogP contribution is -1.76. The molecular formula is C17H13OS4-. The molecule has 0 aliphatic carbocycles. The van der Waals surface area contributed by atoms with Gasteiger partial charge in [-0.05, 0) is 47.5 Å². The smallest absolute Gasteiger partial charge is 0.0495 e. The maximum absolute atomic E-state index is 11.0. The van der Waals surface area contributed by atoms with E-state index in [1.807, 2.05) is 40.9 Å². The highest BCUT2D eigenvalue weighted by molar-refractivity contribution is 7.34. The van der Waals surface area contributed by atoms with Crippen molar-refractivity contribution in [1.82, 2.24) is 0 Å². The average molecular weight is 362 g/mol. The Kier molecular flexibility index (Phi) is 3.31. The number of thiophene rings is 4. The van der Waals surface area contributed by atoms with Crippen molar-refractivity contribution in [2.45, 2.75) is 27.7 Å². The number of hydrogen-bond donors (Lipinski definition) is 0. The lowest BCUT2D eigenvalue weighted by molar-refractivity contribution is 0.563. The number of aryl methyl sites for hydroxylation is 4. The van der Waals surface area contributed by atoms with Crippen LogP contribution in [0.3, 0.4) is 0 Å². The molecule has 1 nitrogen and oxygen atoms in total. The molecule has 4 aromatic heterocycles. The largest absolute Gasteiger partial charge is 0.417 e. The molecular weight excluding hydrogens is 348 g/mol. The van der Waals surface area contributed by atoms with E-state index in [4.69, 9.17) is 0 Å². The van der Waals surface area contributed by atoms with Gasteiger partial charge in [-0.3, -0.25) is 0 Å². The van der Waals surface area contributed by atoms with Gasteiger partial charge in [0.15, 0.2) is 0 Å². The third-order valence-electron chi connectivity index (χ3n) is 4.08. The van der Waals surface area contributed by atoms with Gasteiger partial charge in [0.05, 0.1) is 0 Å². The molecule has 5 heteroatoms. The van der Waals surface area contributed by atoms with Gasteiger partial charge in [-0.25, -0.2) is 0 Å². The Morgan fingerprint density at radius 1 is 0.773 bits per heavy atom. The van der Waals surface area contributed by atoms with Crippen LogP contribution < -0.4 is 0 Å². The van der Waals surface area contributed by atoms with Crippen LogP contribution in [-0.2, 0) is 4.79 Å². The molecule has 0 saturated carbocycles.